The molecule has 2 aromatic rings. The van der Waals surface area contributed by atoms with E-state index in [9.17, 15) is 8.78 Å². The molecule has 1 aromatic carbocycles. The molecule has 2 atom stereocenters. The lowest BCUT2D eigenvalue weighted by molar-refractivity contribution is 0.440. The van der Waals surface area contributed by atoms with Crippen LogP contribution in [0.4, 0.5) is 8.78 Å². The fourth-order valence-electron chi connectivity index (χ4n) is 2.96. The van der Waals surface area contributed by atoms with Crippen LogP contribution in [0.1, 0.15) is 25.0 Å². The molecule has 110 valence electrons. The summed E-state index contributed by atoms with van der Waals surface area (Å²) in [6.45, 7) is 0. The SMILES string of the molecule is NC1CCC(N)(c2ccc(-c3c(F)cccc3F)cn2)C1. The summed E-state index contributed by atoms with van der Waals surface area (Å²) in [7, 11) is 0. The number of nitrogens with two attached hydrogens (primary N) is 2. The van der Waals surface area contributed by atoms with Crippen LogP contribution in [0.3, 0.4) is 0 Å². The summed E-state index contributed by atoms with van der Waals surface area (Å²) in [6.07, 6.45) is 3.78. The Labute approximate surface area is 122 Å². The molecule has 3 nitrogen and oxygen atoms in total. The molecule has 1 aliphatic rings. The van der Waals surface area contributed by atoms with Crippen molar-refractivity contribution in [3.63, 3.8) is 0 Å². The van der Waals surface area contributed by atoms with Crippen molar-refractivity contribution in [2.75, 3.05) is 0 Å². The van der Waals surface area contributed by atoms with E-state index in [4.69, 9.17) is 11.5 Å². The number of halogens is 2. The van der Waals surface area contributed by atoms with Gasteiger partial charge in [-0.15, -0.1) is 0 Å². The Morgan fingerprint density at radius 2 is 1.86 bits per heavy atom. The van der Waals surface area contributed by atoms with Crippen LogP contribution >= 0.6 is 0 Å². The third kappa shape index (κ3) is 2.54. The summed E-state index contributed by atoms with van der Waals surface area (Å²) >= 11 is 0. The van der Waals surface area contributed by atoms with Gasteiger partial charge in [0.2, 0.25) is 0 Å². The van der Waals surface area contributed by atoms with E-state index in [-0.39, 0.29) is 11.6 Å². The van der Waals surface area contributed by atoms with Gasteiger partial charge in [0.15, 0.2) is 0 Å². The molecule has 1 aliphatic carbocycles. The first kappa shape index (κ1) is 14.1. The van der Waals surface area contributed by atoms with Crippen LogP contribution in [-0.2, 0) is 5.54 Å². The molecule has 1 heterocycles. The van der Waals surface area contributed by atoms with E-state index in [0.717, 1.165) is 18.5 Å². The topological polar surface area (TPSA) is 64.9 Å². The van der Waals surface area contributed by atoms with E-state index in [2.05, 4.69) is 4.98 Å². The lowest BCUT2D eigenvalue weighted by atomic mass is 9.93. The second-order valence-corrected chi connectivity index (χ2v) is 5.69. The van der Waals surface area contributed by atoms with Gasteiger partial charge in [0, 0.05) is 17.8 Å². The van der Waals surface area contributed by atoms with Gasteiger partial charge in [-0.1, -0.05) is 12.1 Å². The van der Waals surface area contributed by atoms with Crippen LogP contribution in [0.15, 0.2) is 36.5 Å². The van der Waals surface area contributed by atoms with Crippen LogP contribution < -0.4 is 11.5 Å². The summed E-state index contributed by atoms with van der Waals surface area (Å²) in [6, 6.07) is 7.27. The second kappa shape index (κ2) is 5.16. The Hall–Kier alpha value is -1.85. The minimum atomic E-state index is -0.602. The van der Waals surface area contributed by atoms with Gasteiger partial charge in [-0.25, -0.2) is 8.78 Å². The fourth-order valence-corrected chi connectivity index (χ4v) is 2.96. The molecule has 0 saturated heterocycles. The molecule has 5 heteroatoms. The molecule has 0 spiro atoms. The lowest BCUT2D eigenvalue weighted by Gasteiger charge is -2.23. The number of nitrogens with zero attached hydrogens (tertiary/aromatic N) is 1. The average molecular weight is 289 g/mol. The molecule has 0 bridgehead atoms. The molecule has 1 fully saturated rings. The smallest absolute Gasteiger partial charge is 0.134 e. The monoisotopic (exact) mass is 289 g/mol. The summed E-state index contributed by atoms with van der Waals surface area (Å²) < 4.78 is 27.5. The zero-order valence-corrected chi connectivity index (χ0v) is 11.5. The van der Waals surface area contributed by atoms with Gasteiger partial charge in [-0.2, -0.15) is 0 Å². The number of aromatic nitrogens is 1. The van der Waals surface area contributed by atoms with Gasteiger partial charge in [0.1, 0.15) is 11.6 Å². The van der Waals surface area contributed by atoms with Crippen molar-refractivity contribution in [2.45, 2.75) is 30.8 Å². The molecule has 1 aromatic heterocycles. The van der Waals surface area contributed by atoms with Gasteiger partial charge in [0.25, 0.3) is 0 Å². The van der Waals surface area contributed by atoms with E-state index in [1.54, 1.807) is 12.1 Å². The molecule has 0 amide bonds. The van der Waals surface area contributed by atoms with Crippen LogP contribution in [0, 0.1) is 11.6 Å². The zero-order chi connectivity index (χ0) is 15.0. The zero-order valence-electron chi connectivity index (χ0n) is 11.5. The van der Waals surface area contributed by atoms with Crippen molar-refractivity contribution in [3.8, 4) is 11.1 Å². The van der Waals surface area contributed by atoms with Gasteiger partial charge >= 0.3 is 0 Å². The first-order chi connectivity index (χ1) is 9.99. The molecule has 4 N–H and O–H groups in total. The quantitative estimate of drug-likeness (QED) is 0.893. The van der Waals surface area contributed by atoms with Crippen molar-refractivity contribution >= 4 is 0 Å². The highest BCUT2D eigenvalue weighted by atomic mass is 19.1. The molecule has 3 rings (SSSR count). The Kier molecular flexibility index (Phi) is 3.47. The van der Waals surface area contributed by atoms with Crippen LogP contribution in [0.5, 0.6) is 0 Å². The van der Waals surface area contributed by atoms with Crippen LogP contribution in [0.2, 0.25) is 0 Å². The van der Waals surface area contributed by atoms with E-state index in [0.29, 0.717) is 12.0 Å². The van der Waals surface area contributed by atoms with Crippen molar-refractivity contribution in [1.82, 2.24) is 4.98 Å². The number of hydrogen-bond acceptors (Lipinski definition) is 3. The maximum absolute atomic E-state index is 13.8. The van der Waals surface area contributed by atoms with Crippen LogP contribution in [-0.4, -0.2) is 11.0 Å². The lowest BCUT2D eigenvalue weighted by Crippen LogP contribution is -2.36. The van der Waals surface area contributed by atoms with E-state index >= 15 is 0 Å². The number of benzene rings is 1. The van der Waals surface area contributed by atoms with Crippen LogP contribution in [0.25, 0.3) is 11.1 Å². The van der Waals surface area contributed by atoms with Gasteiger partial charge < -0.3 is 11.5 Å². The Morgan fingerprint density at radius 1 is 1.14 bits per heavy atom. The van der Waals surface area contributed by atoms with E-state index in [1.807, 2.05) is 0 Å². The largest absolute Gasteiger partial charge is 0.328 e. The normalized spacial score (nSPS) is 25.2. The van der Waals surface area contributed by atoms with Crippen molar-refractivity contribution in [3.05, 3.63) is 53.9 Å². The van der Waals surface area contributed by atoms with Gasteiger partial charge in [-0.05, 0) is 37.5 Å². The molecule has 2 unspecified atom stereocenters. The average Bonchev–Trinajstić information content (AvgIpc) is 2.80. The minimum Gasteiger partial charge on any atom is -0.328 e. The standard InChI is InChI=1S/C16H17F2N3/c17-12-2-1-3-13(18)15(12)10-4-5-14(21-9-10)16(20)7-6-11(19)8-16/h1-5,9,11H,6-8,19-20H2. The number of rotatable bonds is 2. The van der Waals surface area contributed by atoms with Crippen molar-refractivity contribution in [2.24, 2.45) is 11.5 Å². The summed E-state index contributed by atoms with van der Waals surface area (Å²) in [4.78, 5) is 4.31. The van der Waals surface area contributed by atoms with Gasteiger partial charge in [-0.3, -0.25) is 4.98 Å². The number of hydrogen-bond donors (Lipinski definition) is 2. The molecule has 0 aliphatic heterocycles. The third-order valence-electron chi connectivity index (χ3n) is 4.11. The highest BCUT2D eigenvalue weighted by molar-refractivity contribution is 5.64. The molecular formula is C16H17F2N3. The summed E-state index contributed by atoms with van der Waals surface area (Å²) in [5.74, 6) is -1.20. The molecule has 1 saturated carbocycles. The maximum atomic E-state index is 13.8. The van der Waals surface area contributed by atoms with E-state index < -0.39 is 17.2 Å². The third-order valence-corrected chi connectivity index (χ3v) is 4.11. The van der Waals surface area contributed by atoms with Gasteiger partial charge in [0.05, 0.1) is 16.8 Å². The fraction of sp³-hybridized carbons (Fsp3) is 0.312. The highest BCUT2D eigenvalue weighted by Crippen LogP contribution is 2.35. The second-order valence-electron chi connectivity index (χ2n) is 5.69. The first-order valence-electron chi connectivity index (χ1n) is 6.95. The Balaban J connectivity index is 1.95. The molecule has 0 radical (unpaired) electrons. The minimum absolute atomic E-state index is 0.0641. The highest BCUT2D eigenvalue weighted by Gasteiger charge is 2.36. The van der Waals surface area contributed by atoms with Crippen molar-refractivity contribution in [1.29, 1.82) is 0 Å². The number of pyridine rings is 1. The molecular weight excluding hydrogens is 272 g/mol. The van der Waals surface area contributed by atoms with Crippen molar-refractivity contribution < 1.29 is 8.78 Å². The Bertz CT molecular complexity index is 637. The van der Waals surface area contributed by atoms with E-state index in [1.165, 1.54) is 24.4 Å². The first-order valence-corrected chi connectivity index (χ1v) is 6.95. The maximum Gasteiger partial charge on any atom is 0.134 e. The molecule has 21 heavy (non-hydrogen) atoms. The Morgan fingerprint density at radius 3 is 2.38 bits per heavy atom. The predicted octanol–water partition coefficient (Wildman–Crippen LogP) is 2.69. The summed E-state index contributed by atoms with van der Waals surface area (Å²) in [5, 5.41) is 0. The summed E-state index contributed by atoms with van der Waals surface area (Å²) in [5.41, 5.74) is 12.8. The predicted molar refractivity (Wildman–Crippen MR) is 77.3 cm³/mol.